The van der Waals surface area contributed by atoms with Gasteiger partial charge < -0.3 is 4.90 Å². The summed E-state index contributed by atoms with van der Waals surface area (Å²) in [5.74, 6) is 0.310. The summed E-state index contributed by atoms with van der Waals surface area (Å²) in [5, 5.41) is 4.48. The third-order valence-corrected chi connectivity index (χ3v) is 5.62. The van der Waals surface area contributed by atoms with Gasteiger partial charge in [-0.25, -0.2) is 9.50 Å². The summed E-state index contributed by atoms with van der Waals surface area (Å²) in [7, 11) is 3.49. The highest BCUT2D eigenvalue weighted by atomic mass is 32.1. The van der Waals surface area contributed by atoms with Gasteiger partial charge in [0, 0.05) is 50.4 Å². The zero-order valence-corrected chi connectivity index (χ0v) is 15.8. The number of piperidine rings is 1. The molecule has 0 spiro atoms. The number of likely N-dealkylation sites (tertiary alicyclic amines) is 1. The number of aromatic nitrogens is 4. The Morgan fingerprint density at radius 1 is 1.38 bits per heavy atom. The van der Waals surface area contributed by atoms with Gasteiger partial charge in [-0.1, -0.05) is 0 Å². The van der Waals surface area contributed by atoms with Crippen molar-refractivity contribution in [2.75, 3.05) is 27.2 Å². The van der Waals surface area contributed by atoms with Crippen molar-refractivity contribution in [2.24, 2.45) is 0 Å². The maximum Gasteiger partial charge on any atom is 0.258 e. The molecule has 8 heteroatoms. The molecule has 1 fully saturated rings. The predicted molar refractivity (Wildman–Crippen MR) is 100 cm³/mol. The highest BCUT2D eigenvalue weighted by Crippen LogP contribution is 2.28. The van der Waals surface area contributed by atoms with E-state index in [-0.39, 0.29) is 5.91 Å². The van der Waals surface area contributed by atoms with Crippen molar-refractivity contribution in [3.05, 3.63) is 46.3 Å². The largest absolute Gasteiger partial charge is 0.345 e. The number of hydrogen-bond donors (Lipinski definition) is 0. The fourth-order valence-corrected chi connectivity index (χ4v) is 4.23. The molecule has 0 unspecified atom stereocenters. The summed E-state index contributed by atoms with van der Waals surface area (Å²) >= 11 is 1.70. The Bertz CT molecular complexity index is 904. The van der Waals surface area contributed by atoms with E-state index in [9.17, 15) is 4.79 Å². The van der Waals surface area contributed by atoms with Crippen molar-refractivity contribution in [1.82, 2.24) is 29.4 Å². The van der Waals surface area contributed by atoms with Crippen molar-refractivity contribution in [3.63, 3.8) is 0 Å². The van der Waals surface area contributed by atoms with Crippen LogP contribution < -0.4 is 0 Å². The molecule has 0 aromatic carbocycles. The zero-order valence-electron chi connectivity index (χ0n) is 15.0. The average molecular weight is 370 g/mol. The lowest BCUT2D eigenvalue weighted by Gasteiger charge is -2.32. The highest BCUT2D eigenvalue weighted by Gasteiger charge is 2.25. The summed E-state index contributed by atoms with van der Waals surface area (Å²) in [5.41, 5.74) is 4.20. The number of fused-ring (bicyclic) bond motifs is 1. The topological polar surface area (TPSA) is 66.6 Å². The molecular weight excluding hydrogens is 348 g/mol. The van der Waals surface area contributed by atoms with Crippen LogP contribution >= 0.6 is 11.3 Å². The number of nitrogens with zero attached hydrogens (tertiary/aromatic N) is 6. The second-order valence-corrected chi connectivity index (χ2v) is 7.88. The van der Waals surface area contributed by atoms with Crippen LogP contribution in [0, 0.1) is 0 Å². The summed E-state index contributed by atoms with van der Waals surface area (Å²) in [6.07, 6.45) is 7.64. The van der Waals surface area contributed by atoms with E-state index in [4.69, 9.17) is 0 Å². The lowest BCUT2D eigenvalue weighted by atomic mass is 9.94. The van der Waals surface area contributed by atoms with Gasteiger partial charge >= 0.3 is 0 Å². The second kappa shape index (κ2) is 7.13. The van der Waals surface area contributed by atoms with Gasteiger partial charge in [0.25, 0.3) is 5.91 Å². The van der Waals surface area contributed by atoms with E-state index in [0.717, 1.165) is 38.2 Å². The standard InChI is InChI=1S/C18H22N6OS/c1-22(2)18(25)15-9-21-24-16(5-6-20-17(15)24)13-4-3-7-23(10-13)11-14-8-19-12-26-14/h5-6,8-9,12-13H,3-4,7,10-11H2,1-2H3/t13-/m1/s1. The van der Waals surface area contributed by atoms with Crippen LogP contribution in [0.15, 0.2) is 30.2 Å². The SMILES string of the molecule is CN(C)C(=O)c1cnn2c([C@@H]3CCCN(Cc4cncs4)C3)ccnc12. The quantitative estimate of drug-likeness (QED) is 0.705. The molecule has 4 rings (SSSR count). The Hall–Kier alpha value is -2.32. The Kier molecular flexibility index (Phi) is 4.69. The molecule has 1 amide bonds. The first kappa shape index (κ1) is 17.1. The number of carbonyl (C=O) groups excluding carboxylic acids is 1. The summed E-state index contributed by atoms with van der Waals surface area (Å²) in [4.78, 5) is 26.3. The minimum absolute atomic E-state index is 0.0693. The molecule has 1 atom stereocenters. The number of rotatable bonds is 4. The van der Waals surface area contributed by atoms with Gasteiger partial charge in [0.2, 0.25) is 0 Å². The molecule has 1 aliphatic rings. The van der Waals surface area contributed by atoms with E-state index in [1.54, 1.807) is 42.7 Å². The molecular formula is C18H22N6OS. The van der Waals surface area contributed by atoms with Crippen LogP contribution in [0.4, 0.5) is 0 Å². The molecule has 0 bridgehead atoms. The molecule has 0 aliphatic carbocycles. The van der Waals surface area contributed by atoms with Crippen LogP contribution in [0.1, 0.15) is 39.7 Å². The zero-order chi connectivity index (χ0) is 18.1. The minimum Gasteiger partial charge on any atom is -0.345 e. The van der Waals surface area contributed by atoms with E-state index >= 15 is 0 Å². The van der Waals surface area contributed by atoms with E-state index < -0.39 is 0 Å². The average Bonchev–Trinajstić information content (AvgIpc) is 3.30. The summed E-state index contributed by atoms with van der Waals surface area (Å²) < 4.78 is 1.84. The molecule has 0 saturated carbocycles. The number of thiazole rings is 1. The molecule has 4 heterocycles. The van der Waals surface area contributed by atoms with Crippen molar-refractivity contribution >= 4 is 22.9 Å². The van der Waals surface area contributed by atoms with E-state index in [1.165, 1.54) is 4.88 Å². The Labute approximate surface area is 156 Å². The van der Waals surface area contributed by atoms with Crippen molar-refractivity contribution in [3.8, 4) is 0 Å². The van der Waals surface area contributed by atoms with E-state index in [1.807, 2.05) is 22.3 Å². The first-order valence-corrected chi connectivity index (χ1v) is 9.65. The van der Waals surface area contributed by atoms with Crippen molar-refractivity contribution in [2.45, 2.75) is 25.3 Å². The normalized spacial score (nSPS) is 18.3. The molecule has 3 aromatic rings. The van der Waals surface area contributed by atoms with Gasteiger partial charge in [-0.15, -0.1) is 11.3 Å². The first-order chi connectivity index (χ1) is 12.6. The third kappa shape index (κ3) is 3.22. The smallest absolute Gasteiger partial charge is 0.258 e. The molecule has 0 radical (unpaired) electrons. The Morgan fingerprint density at radius 3 is 3.04 bits per heavy atom. The second-order valence-electron chi connectivity index (χ2n) is 6.90. The fraction of sp³-hybridized carbons (Fsp3) is 0.444. The molecule has 1 saturated heterocycles. The summed E-state index contributed by atoms with van der Waals surface area (Å²) in [6, 6.07) is 2.03. The van der Waals surface area contributed by atoms with Gasteiger partial charge in [0.1, 0.15) is 5.56 Å². The van der Waals surface area contributed by atoms with Crippen LogP contribution in [-0.4, -0.2) is 62.5 Å². The van der Waals surface area contributed by atoms with Crippen molar-refractivity contribution < 1.29 is 4.79 Å². The van der Waals surface area contributed by atoms with Gasteiger partial charge in [-0.2, -0.15) is 5.10 Å². The molecule has 136 valence electrons. The molecule has 7 nitrogen and oxygen atoms in total. The lowest BCUT2D eigenvalue weighted by molar-refractivity contribution is 0.0829. The minimum atomic E-state index is -0.0693. The predicted octanol–water partition coefficient (Wildman–Crippen LogP) is 2.27. The lowest BCUT2D eigenvalue weighted by Crippen LogP contribution is -2.34. The van der Waals surface area contributed by atoms with Gasteiger partial charge in [-0.05, 0) is 25.5 Å². The van der Waals surface area contributed by atoms with Gasteiger partial charge in [0.15, 0.2) is 5.65 Å². The van der Waals surface area contributed by atoms with Crippen LogP contribution in [0.3, 0.4) is 0 Å². The molecule has 0 N–H and O–H groups in total. The summed E-state index contributed by atoms with van der Waals surface area (Å²) in [6.45, 7) is 3.03. The monoisotopic (exact) mass is 370 g/mol. The third-order valence-electron chi connectivity index (χ3n) is 4.85. The number of amides is 1. The Morgan fingerprint density at radius 2 is 2.27 bits per heavy atom. The number of carbonyl (C=O) groups is 1. The van der Waals surface area contributed by atoms with E-state index in [0.29, 0.717) is 17.1 Å². The highest BCUT2D eigenvalue weighted by molar-refractivity contribution is 7.09. The van der Waals surface area contributed by atoms with Crippen LogP contribution in [0.25, 0.3) is 5.65 Å². The molecule has 3 aromatic heterocycles. The maximum atomic E-state index is 12.4. The van der Waals surface area contributed by atoms with Gasteiger partial charge in [0.05, 0.1) is 17.4 Å². The Balaban J connectivity index is 1.61. The van der Waals surface area contributed by atoms with Crippen LogP contribution in [-0.2, 0) is 6.54 Å². The molecule has 26 heavy (non-hydrogen) atoms. The first-order valence-electron chi connectivity index (χ1n) is 8.77. The maximum absolute atomic E-state index is 12.4. The van der Waals surface area contributed by atoms with E-state index in [2.05, 4.69) is 20.0 Å². The van der Waals surface area contributed by atoms with Crippen molar-refractivity contribution in [1.29, 1.82) is 0 Å². The fourth-order valence-electron chi connectivity index (χ4n) is 3.59. The van der Waals surface area contributed by atoms with Crippen LogP contribution in [0.2, 0.25) is 0 Å². The number of hydrogen-bond acceptors (Lipinski definition) is 6. The van der Waals surface area contributed by atoms with Gasteiger partial charge in [-0.3, -0.25) is 14.7 Å². The molecule has 1 aliphatic heterocycles. The van der Waals surface area contributed by atoms with Crippen LogP contribution in [0.5, 0.6) is 0 Å².